The van der Waals surface area contributed by atoms with Crippen LogP contribution in [0.5, 0.6) is 0 Å². The summed E-state index contributed by atoms with van der Waals surface area (Å²) in [6, 6.07) is 0. The smallest absolute Gasteiger partial charge is 0.394 e. The molecule has 0 saturated heterocycles. The number of allylic oxidation sites excluding steroid dienone is 4. The minimum atomic E-state index is -4.67. The summed E-state index contributed by atoms with van der Waals surface area (Å²) in [7, 11) is -4.67. The number of aliphatic hydroxyl groups excluding tert-OH is 2. The first kappa shape index (κ1) is 36.2. The zero-order valence-electron chi connectivity index (χ0n) is 20.7. The van der Waals surface area contributed by atoms with Gasteiger partial charge in [0.25, 0.3) is 0 Å². The standard InChI is InChI=1S/2C12H23NO.H2O4S/c2*1-4-7-12(8-5-2)11-13(6-3)9-10-14;1-5(2,3)4/h2*4-5,12,14H,1-2,6-11H2,3H3;(H2,1,2,3,4). The number of likely N-dealkylation sites (N-methyl/N-ethyl adjacent to an activating group) is 2. The van der Waals surface area contributed by atoms with Crippen molar-refractivity contribution in [3.63, 3.8) is 0 Å². The SMILES string of the molecule is C=CCC(CC=C)CN(CC)CCO.C=CCC(CC=C)CN(CC)CCO.O=S(=O)(O)O. The predicted molar refractivity (Wildman–Crippen MR) is 139 cm³/mol. The Labute approximate surface area is 202 Å². The molecule has 0 saturated carbocycles. The molecule has 8 nitrogen and oxygen atoms in total. The van der Waals surface area contributed by atoms with Gasteiger partial charge in [-0.25, -0.2) is 0 Å². The highest BCUT2D eigenvalue weighted by Crippen LogP contribution is 2.12. The maximum absolute atomic E-state index is 8.86. The summed E-state index contributed by atoms with van der Waals surface area (Å²) in [6.45, 7) is 25.3. The number of hydrogen-bond donors (Lipinski definition) is 4. The number of hydrogen-bond acceptors (Lipinski definition) is 6. The lowest BCUT2D eigenvalue weighted by Crippen LogP contribution is -2.31. The van der Waals surface area contributed by atoms with Crippen molar-refractivity contribution in [3.8, 4) is 0 Å². The van der Waals surface area contributed by atoms with E-state index in [-0.39, 0.29) is 13.2 Å². The van der Waals surface area contributed by atoms with Crippen molar-refractivity contribution in [2.24, 2.45) is 11.8 Å². The molecule has 4 N–H and O–H groups in total. The average molecular weight is 493 g/mol. The monoisotopic (exact) mass is 492 g/mol. The molecule has 0 bridgehead atoms. The molecule has 0 aromatic carbocycles. The normalized spacial score (nSPS) is 11.0. The minimum Gasteiger partial charge on any atom is -0.395 e. The lowest BCUT2D eigenvalue weighted by Gasteiger charge is -2.24. The Morgan fingerprint density at radius 2 is 0.939 bits per heavy atom. The summed E-state index contributed by atoms with van der Waals surface area (Å²) in [6.07, 6.45) is 11.9. The molecular formula is C24H48N2O6S. The van der Waals surface area contributed by atoms with E-state index in [1.165, 1.54) is 0 Å². The van der Waals surface area contributed by atoms with E-state index in [1.807, 2.05) is 24.3 Å². The van der Waals surface area contributed by atoms with Crippen LogP contribution in [0.2, 0.25) is 0 Å². The Hall–Kier alpha value is -1.33. The van der Waals surface area contributed by atoms with Crippen LogP contribution >= 0.6 is 0 Å². The first-order valence-electron chi connectivity index (χ1n) is 11.4. The molecule has 0 aliphatic heterocycles. The fourth-order valence-corrected chi connectivity index (χ4v) is 3.20. The van der Waals surface area contributed by atoms with Crippen LogP contribution in [-0.4, -0.2) is 90.0 Å². The predicted octanol–water partition coefficient (Wildman–Crippen LogP) is 3.49. The maximum atomic E-state index is 8.86. The van der Waals surface area contributed by atoms with E-state index in [4.69, 9.17) is 27.7 Å². The molecule has 0 spiro atoms. The molecule has 0 rings (SSSR count). The van der Waals surface area contributed by atoms with Gasteiger partial charge in [0.15, 0.2) is 0 Å². The van der Waals surface area contributed by atoms with Crippen molar-refractivity contribution < 1.29 is 27.7 Å². The van der Waals surface area contributed by atoms with Crippen LogP contribution in [0, 0.1) is 11.8 Å². The highest BCUT2D eigenvalue weighted by molar-refractivity contribution is 7.79. The molecule has 0 fully saturated rings. The Kier molecular flexibility index (Phi) is 27.8. The lowest BCUT2D eigenvalue weighted by atomic mass is 10.0. The zero-order chi connectivity index (χ0) is 26.1. The molecular weight excluding hydrogens is 444 g/mol. The summed E-state index contributed by atoms with van der Waals surface area (Å²) < 4.78 is 31.6. The molecule has 0 amide bonds. The fourth-order valence-electron chi connectivity index (χ4n) is 3.20. The van der Waals surface area contributed by atoms with Crippen molar-refractivity contribution in [3.05, 3.63) is 50.6 Å². The molecule has 196 valence electrons. The highest BCUT2D eigenvalue weighted by Gasteiger charge is 2.10. The van der Waals surface area contributed by atoms with Crippen molar-refractivity contribution in [2.45, 2.75) is 39.5 Å². The summed E-state index contributed by atoms with van der Waals surface area (Å²) in [4.78, 5) is 4.52. The zero-order valence-corrected chi connectivity index (χ0v) is 21.5. The molecule has 0 unspecified atom stereocenters. The van der Waals surface area contributed by atoms with Gasteiger partial charge in [-0.05, 0) is 50.6 Å². The van der Waals surface area contributed by atoms with E-state index in [1.54, 1.807) is 0 Å². The molecule has 0 heterocycles. The lowest BCUT2D eigenvalue weighted by molar-refractivity contribution is 0.181. The molecule has 33 heavy (non-hydrogen) atoms. The Morgan fingerprint density at radius 1 is 0.697 bits per heavy atom. The summed E-state index contributed by atoms with van der Waals surface area (Å²) in [5.41, 5.74) is 0. The van der Waals surface area contributed by atoms with Crippen LogP contribution < -0.4 is 0 Å². The van der Waals surface area contributed by atoms with Gasteiger partial charge in [-0.3, -0.25) is 9.11 Å². The van der Waals surface area contributed by atoms with Gasteiger partial charge in [-0.2, -0.15) is 8.42 Å². The van der Waals surface area contributed by atoms with Crippen LogP contribution in [0.3, 0.4) is 0 Å². The molecule has 0 atom stereocenters. The van der Waals surface area contributed by atoms with Crippen LogP contribution in [-0.2, 0) is 10.4 Å². The first-order chi connectivity index (χ1) is 15.6. The van der Waals surface area contributed by atoms with E-state index < -0.39 is 10.4 Å². The molecule has 0 aromatic rings. The number of nitrogens with zero attached hydrogens (tertiary/aromatic N) is 2. The third-order valence-electron chi connectivity index (χ3n) is 4.76. The van der Waals surface area contributed by atoms with Gasteiger partial charge in [0.2, 0.25) is 0 Å². The van der Waals surface area contributed by atoms with Gasteiger partial charge in [0.1, 0.15) is 0 Å². The van der Waals surface area contributed by atoms with E-state index in [2.05, 4.69) is 50.0 Å². The quantitative estimate of drug-likeness (QED) is 0.169. The number of rotatable bonds is 18. The second kappa shape index (κ2) is 25.3. The van der Waals surface area contributed by atoms with Crippen LogP contribution in [0.25, 0.3) is 0 Å². The third kappa shape index (κ3) is 30.7. The Morgan fingerprint density at radius 3 is 1.09 bits per heavy atom. The summed E-state index contributed by atoms with van der Waals surface area (Å²) in [5, 5.41) is 17.7. The molecule has 0 aliphatic rings. The van der Waals surface area contributed by atoms with Crippen molar-refractivity contribution in [1.82, 2.24) is 9.80 Å². The topological polar surface area (TPSA) is 122 Å². The molecule has 9 heteroatoms. The third-order valence-corrected chi connectivity index (χ3v) is 4.76. The summed E-state index contributed by atoms with van der Waals surface area (Å²) >= 11 is 0. The Bertz CT molecular complexity index is 520. The highest BCUT2D eigenvalue weighted by atomic mass is 32.3. The largest absolute Gasteiger partial charge is 0.395 e. The van der Waals surface area contributed by atoms with Crippen molar-refractivity contribution >= 4 is 10.4 Å². The van der Waals surface area contributed by atoms with Gasteiger partial charge in [-0.15, -0.1) is 26.3 Å². The van der Waals surface area contributed by atoms with E-state index in [0.29, 0.717) is 11.8 Å². The minimum absolute atomic E-state index is 0.239. The van der Waals surface area contributed by atoms with E-state index in [0.717, 1.165) is 65.0 Å². The van der Waals surface area contributed by atoms with Gasteiger partial charge >= 0.3 is 10.4 Å². The van der Waals surface area contributed by atoms with Gasteiger partial charge in [-0.1, -0.05) is 38.2 Å². The van der Waals surface area contributed by atoms with Gasteiger partial charge < -0.3 is 20.0 Å². The molecule has 0 aromatic heterocycles. The van der Waals surface area contributed by atoms with Gasteiger partial charge in [0.05, 0.1) is 13.2 Å². The first-order valence-corrected chi connectivity index (χ1v) is 12.8. The fraction of sp³-hybridized carbons (Fsp3) is 0.667. The van der Waals surface area contributed by atoms with Crippen molar-refractivity contribution in [1.29, 1.82) is 0 Å². The molecule has 0 aliphatic carbocycles. The maximum Gasteiger partial charge on any atom is 0.394 e. The second-order valence-corrected chi connectivity index (χ2v) is 8.41. The van der Waals surface area contributed by atoms with E-state index in [9.17, 15) is 0 Å². The van der Waals surface area contributed by atoms with E-state index >= 15 is 0 Å². The summed E-state index contributed by atoms with van der Waals surface area (Å²) in [5.74, 6) is 1.19. The van der Waals surface area contributed by atoms with Crippen molar-refractivity contribution in [2.75, 3.05) is 52.5 Å². The number of aliphatic hydroxyl groups is 2. The van der Waals surface area contributed by atoms with Crippen LogP contribution in [0.1, 0.15) is 39.5 Å². The average Bonchev–Trinajstić information content (AvgIpc) is 2.73. The molecule has 0 radical (unpaired) electrons. The Balaban J connectivity index is -0.000000453. The van der Waals surface area contributed by atoms with Crippen LogP contribution in [0.15, 0.2) is 50.6 Å². The second-order valence-electron chi connectivity index (χ2n) is 7.51. The van der Waals surface area contributed by atoms with Crippen LogP contribution in [0.4, 0.5) is 0 Å². The van der Waals surface area contributed by atoms with Gasteiger partial charge in [0, 0.05) is 26.2 Å².